The first-order chi connectivity index (χ1) is 5.31. The highest BCUT2D eigenvalue weighted by atomic mass is 16.3. The van der Waals surface area contributed by atoms with Gasteiger partial charge in [-0.25, -0.2) is 0 Å². The molecule has 0 amide bonds. The van der Waals surface area contributed by atoms with E-state index < -0.39 is 0 Å². The number of hydrogen-bond donors (Lipinski definition) is 0. The predicted octanol–water partition coefficient (Wildman–Crippen LogP) is 0.446. The summed E-state index contributed by atoms with van der Waals surface area (Å²) in [6, 6.07) is 1.15. The van der Waals surface area contributed by atoms with Gasteiger partial charge in [-0.15, -0.1) is 4.91 Å². The Bertz CT molecular complexity index is 159. The third-order valence-corrected chi connectivity index (χ3v) is 2.94. The molecular weight excluding hydrogens is 142 g/mol. The maximum absolute atomic E-state index is 10.2. The fourth-order valence-corrected chi connectivity index (χ4v) is 2.16. The first-order valence-corrected chi connectivity index (χ1v) is 4.11. The SMILES string of the molecule is CN1C2CCC1CN(N=O)C2. The number of fused-ring (bicyclic) bond motifs is 2. The van der Waals surface area contributed by atoms with E-state index in [1.165, 1.54) is 12.8 Å². The van der Waals surface area contributed by atoms with Crippen molar-refractivity contribution in [1.82, 2.24) is 9.91 Å². The fraction of sp³-hybridized carbons (Fsp3) is 1.00. The van der Waals surface area contributed by atoms with Gasteiger partial charge in [-0.3, -0.25) is 9.91 Å². The van der Waals surface area contributed by atoms with Crippen LogP contribution in [-0.4, -0.2) is 42.1 Å². The molecule has 2 aliphatic rings. The lowest BCUT2D eigenvalue weighted by Crippen LogP contribution is -2.49. The average Bonchev–Trinajstić information content (AvgIpc) is 2.26. The molecule has 2 fully saturated rings. The Hall–Kier alpha value is -0.640. The normalized spacial score (nSPS) is 37.7. The van der Waals surface area contributed by atoms with E-state index in [2.05, 4.69) is 17.2 Å². The van der Waals surface area contributed by atoms with Crippen LogP contribution < -0.4 is 0 Å². The molecule has 62 valence electrons. The Labute approximate surface area is 66.1 Å². The quantitative estimate of drug-likeness (QED) is 0.516. The summed E-state index contributed by atoms with van der Waals surface area (Å²) in [4.78, 5) is 12.6. The van der Waals surface area contributed by atoms with Crippen LogP contribution in [0, 0.1) is 4.91 Å². The van der Waals surface area contributed by atoms with Crippen molar-refractivity contribution in [3.8, 4) is 0 Å². The molecule has 0 aromatic rings. The summed E-state index contributed by atoms with van der Waals surface area (Å²) in [5.74, 6) is 0. The third-order valence-electron chi connectivity index (χ3n) is 2.94. The molecule has 2 atom stereocenters. The molecule has 0 aromatic carbocycles. The Balaban J connectivity index is 2.07. The standard InChI is InChI=1S/C7H13N3O/c1-9-6-2-3-7(9)5-10(4-6)8-11/h6-7H,2-5H2,1H3. The molecule has 2 rings (SSSR count). The van der Waals surface area contributed by atoms with E-state index in [0.717, 1.165) is 13.1 Å². The van der Waals surface area contributed by atoms with Crippen molar-refractivity contribution in [2.75, 3.05) is 20.1 Å². The van der Waals surface area contributed by atoms with Gasteiger partial charge < -0.3 is 0 Å². The van der Waals surface area contributed by atoms with Gasteiger partial charge in [-0.1, -0.05) is 0 Å². The highest BCUT2D eigenvalue weighted by molar-refractivity contribution is 4.92. The van der Waals surface area contributed by atoms with Crippen LogP contribution in [0.1, 0.15) is 12.8 Å². The molecule has 4 nitrogen and oxygen atoms in total. The molecule has 0 saturated carbocycles. The largest absolute Gasteiger partial charge is 0.297 e. The van der Waals surface area contributed by atoms with Gasteiger partial charge in [0, 0.05) is 12.1 Å². The second kappa shape index (κ2) is 2.44. The van der Waals surface area contributed by atoms with Crippen molar-refractivity contribution in [2.24, 2.45) is 5.29 Å². The molecule has 2 aliphatic heterocycles. The van der Waals surface area contributed by atoms with Gasteiger partial charge in [0.25, 0.3) is 0 Å². The summed E-state index contributed by atoms with van der Waals surface area (Å²) < 4.78 is 0. The molecular formula is C7H13N3O. The second-order valence-corrected chi connectivity index (χ2v) is 3.50. The Morgan fingerprint density at radius 1 is 1.27 bits per heavy atom. The number of nitroso groups, excluding NO2 is 1. The van der Waals surface area contributed by atoms with Gasteiger partial charge in [0.2, 0.25) is 0 Å². The van der Waals surface area contributed by atoms with Gasteiger partial charge in [-0.05, 0) is 19.9 Å². The number of nitrogens with zero attached hydrogens (tertiary/aromatic N) is 3. The zero-order valence-corrected chi connectivity index (χ0v) is 6.73. The van der Waals surface area contributed by atoms with Gasteiger partial charge in [0.05, 0.1) is 18.4 Å². The fourth-order valence-electron chi connectivity index (χ4n) is 2.16. The van der Waals surface area contributed by atoms with Crippen LogP contribution in [0.25, 0.3) is 0 Å². The highest BCUT2D eigenvalue weighted by Gasteiger charge is 2.37. The zero-order chi connectivity index (χ0) is 7.84. The summed E-state index contributed by atoms with van der Waals surface area (Å²) in [7, 11) is 2.14. The van der Waals surface area contributed by atoms with E-state index in [1.807, 2.05) is 0 Å². The second-order valence-electron chi connectivity index (χ2n) is 3.50. The minimum atomic E-state index is 0.575. The molecule has 2 heterocycles. The first kappa shape index (κ1) is 7.03. The minimum absolute atomic E-state index is 0.575. The summed E-state index contributed by atoms with van der Waals surface area (Å²) in [5, 5.41) is 4.63. The van der Waals surface area contributed by atoms with Gasteiger partial charge in [-0.2, -0.15) is 0 Å². The van der Waals surface area contributed by atoms with Crippen LogP contribution in [0.15, 0.2) is 5.29 Å². The van der Waals surface area contributed by atoms with Gasteiger partial charge in [0.1, 0.15) is 0 Å². The van der Waals surface area contributed by atoms with E-state index in [4.69, 9.17) is 0 Å². The van der Waals surface area contributed by atoms with Crippen LogP contribution in [-0.2, 0) is 0 Å². The Kier molecular flexibility index (Phi) is 1.56. The molecule has 0 N–H and O–H groups in total. The summed E-state index contributed by atoms with van der Waals surface area (Å²) in [6.45, 7) is 1.66. The summed E-state index contributed by atoms with van der Waals surface area (Å²) in [5.41, 5.74) is 0. The molecule has 0 aliphatic carbocycles. The van der Waals surface area contributed by atoms with Crippen LogP contribution in [0.3, 0.4) is 0 Å². The highest BCUT2D eigenvalue weighted by Crippen LogP contribution is 2.27. The third kappa shape index (κ3) is 1.01. The van der Waals surface area contributed by atoms with Gasteiger partial charge >= 0.3 is 0 Å². The van der Waals surface area contributed by atoms with Crippen molar-refractivity contribution in [1.29, 1.82) is 0 Å². The molecule has 0 spiro atoms. The zero-order valence-electron chi connectivity index (χ0n) is 6.73. The van der Waals surface area contributed by atoms with Crippen molar-refractivity contribution in [3.63, 3.8) is 0 Å². The van der Waals surface area contributed by atoms with Crippen molar-refractivity contribution < 1.29 is 0 Å². The van der Waals surface area contributed by atoms with Crippen LogP contribution >= 0.6 is 0 Å². The summed E-state index contributed by atoms with van der Waals surface area (Å²) in [6.07, 6.45) is 2.46. The maximum Gasteiger partial charge on any atom is 0.0548 e. The topological polar surface area (TPSA) is 35.9 Å². The lowest BCUT2D eigenvalue weighted by molar-refractivity contribution is 0.0899. The Morgan fingerprint density at radius 3 is 2.27 bits per heavy atom. The van der Waals surface area contributed by atoms with Crippen molar-refractivity contribution in [3.05, 3.63) is 4.91 Å². The number of hydrogen-bond acceptors (Lipinski definition) is 3. The van der Waals surface area contributed by atoms with Gasteiger partial charge in [0.15, 0.2) is 0 Å². The first-order valence-electron chi connectivity index (χ1n) is 4.11. The van der Waals surface area contributed by atoms with Crippen molar-refractivity contribution >= 4 is 0 Å². The van der Waals surface area contributed by atoms with Crippen LogP contribution in [0.4, 0.5) is 0 Å². The lowest BCUT2D eigenvalue weighted by atomic mass is 10.2. The lowest BCUT2D eigenvalue weighted by Gasteiger charge is -2.35. The molecule has 4 heteroatoms. The van der Waals surface area contributed by atoms with E-state index in [1.54, 1.807) is 5.01 Å². The number of rotatable bonds is 1. The number of likely N-dealkylation sites (N-methyl/N-ethyl adjacent to an activating group) is 1. The summed E-state index contributed by atoms with van der Waals surface area (Å²) >= 11 is 0. The molecule has 0 aromatic heterocycles. The van der Waals surface area contributed by atoms with E-state index in [9.17, 15) is 4.91 Å². The Morgan fingerprint density at radius 2 is 1.82 bits per heavy atom. The molecule has 2 bridgehead atoms. The predicted molar refractivity (Wildman–Crippen MR) is 41.9 cm³/mol. The molecule has 11 heavy (non-hydrogen) atoms. The monoisotopic (exact) mass is 155 g/mol. The van der Waals surface area contributed by atoms with Crippen LogP contribution in [0.5, 0.6) is 0 Å². The molecule has 2 saturated heterocycles. The molecule has 2 unspecified atom stereocenters. The average molecular weight is 155 g/mol. The molecule has 0 radical (unpaired) electrons. The van der Waals surface area contributed by atoms with Crippen LogP contribution in [0.2, 0.25) is 0 Å². The number of piperazine rings is 1. The smallest absolute Gasteiger partial charge is 0.0548 e. The maximum atomic E-state index is 10.2. The van der Waals surface area contributed by atoms with Crippen molar-refractivity contribution in [2.45, 2.75) is 24.9 Å². The van der Waals surface area contributed by atoms with E-state index >= 15 is 0 Å². The minimum Gasteiger partial charge on any atom is -0.297 e. The van der Waals surface area contributed by atoms with E-state index in [-0.39, 0.29) is 0 Å². The van der Waals surface area contributed by atoms with E-state index in [0.29, 0.717) is 12.1 Å².